The maximum Gasteiger partial charge on any atom is 0.0459 e. The lowest BCUT2D eigenvalue weighted by atomic mass is 9.92. The van der Waals surface area contributed by atoms with E-state index in [1.54, 1.807) is 0 Å². The number of H-pyrrole nitrogens is 1. The SMILES string of the molecule is CCC(N)C(C)c1c[nH]c2cc(C)ccc12. The van der Waals surface area contributed by atoms with Crippen molar-refractivity contribution in [3.8, 4) is 0 Å². The Hall–Kier alpha value is -1.28. The predicted octanol–water partition coefficient (Wildman–Crippen LogP) is 3.32. The van der Waals surface area contributed by atoms with E-state index in [4.69, 9.17) is 5.73 Å². The van der Waals surface area contributed by atoms with Crippen LogP contribution in [0.3, 0.4) is 0 Å². The summed E-state index contributed by atoms with van der Waals surface area (Å²) in [7, 11) is 0. The third-order valence-corrected chi connectivity index (χ3v) is 3.47. The Balaban J connectivity index is 2.45. The van der Waals surface area contributed by atoms with Crippen molar-refractivity contribution in [3.63, 3.8) is 0 Å². The molecule has 0 fully saturated rings. The van der Waals surface area contributed by atoms with E-state index in [1.165, 1.54) is 22.0 Å². The number of nitrogens with two attached hydrogens (primary N) is 1. The predicted molar refractivity (Wildman–Crippen MR) is 69.7 cm³/mol. The van der Waals surface area contributed by atoms with Crippen molar-refractivity contribution in [1.29, 1.82) is 0 Å². The lowest BCUT2D eigenvalue weighted by Crippen LogP contribution is -2.25. The first-order valence-electron chi connectivity index (χ1n) is 5.96. The normalized spacial score (nSPS) is 15.2. The van der Waals surface area contributed by atoms with Crippen LogP contribution in [0.5, 0.6) is 0 Å². The molecule has 0 aliphatic rings. The van der Waals surface area contributed by atoms with Crippen LogP contribution in [0.15, 0.2) is 24.4 Å². The van der Waals surface area contributed by atoms with Crippen LogP contribution in [0.4, 0.5) is 0 Å². The van der Waals surface area contributed by atoms with Crippen molar-refractivity contribution in [2.75, 3.05) is 0 Å². The number of aryl methyl sites for hydroxylation is 1. The quantitative estimate of drug-likeness (QED) is 0.812. The van der Waals surface area contributed by atoms with Gasteiger partial charge in [0.2, 0.25) is 0 Å². The van der Waals surface area contributed by atoms with Crippen molar-refractivity contribution < 1.29 is 0 Å². The molecule has 2 aromatic rings. The molecule has 0 saturated carbocycles. The largest absolute Gasteiger partial charge is 0.361 e. The molecule has 0 aliphatic heterocycles. The highest BCUT2D eigenvalue weighted by Gasteiger charge is 2.16. The maximum absolute atomic E-state index is 6.11. The van der Waals surface area contributed by atoms with Gasteiger partial charge in [-0.1, -0.05) is 26.0 Å². The zero-order valence-corrected chi connectivity index (χ0v) is 10.2. The zero-order valence-electron chi connectivity index (χ0n) is 10.2. The molecule has 2 heteroatoms. The Morgan fingerprint density at radius 1 is 1.38 bits per heavy atom. The van der Waals surface area contributed by atoms with E-state index in [2.05, 4.69) is 50.2 Å². The Labute approximate surface area is 96.9 Å². The van der Waals surface area contributed by atoms with E-state index in [0.29, 0.717) is 5.92 Å². The van der Waals surface area contributed by atoms with Gasteiger partial charge in [-0.3, -0.25) is 0 Å². The van der Waals surface area contributed by atoms with Crippen LogP contribution in [-0.2, 0) is 0 Å². The van der Waals surface area contributed by atoms with Gasteiger partial charge in [0.15, 0.2) is 0 Å². The highest BCUT2D eigenvalue weighted by atomic mass is 14.7. The van der Waals surface area contributed by atoms with Crippen molar-refractivity contribution in [3.05, 3.63) is 35.5 Å². The third kappa shape index (κ3) is 1.85. The molecule has 1 heterocycles. The van der Waals surface area contributed by atoms with Crippen LogP contribution in [0.25, 0.3) is 10.9 Å². The minimum atomic E-state index is 0.236. The molecule has 1 aromatic carbocycles. The number of hydrogen-bond donors (Lipinski definition) is 2. The van der Waals surface area contributed by atoms with Crippen molar-refractivity contribution in [2.24, 2.45) is 5.73 Å². The smallest absolute Gasteiger partial charge is 0.0459 e. The van der Waals surface area contributed by atoms with Crippen LogP contribution < -0.4 is 5.73 Å². The Kier molecular flexibility index (Phi) is 3.01. The van der Waals surface area contributed by atoms with E-state index in [1.807, 2.05) is 0 Å². The van der Waals surface area contributed by atoms with E-state index in [-0.39, 0.29) is 6.04 Å². The number of aromatic nitrogens is 1. The highest BCUT2D eigenvalue weighted by molar-refractivity contribution is 5.84. The average molecular weight is 216 g/mol. The van der Waals surface area contributed by atoms with Crippen LogP contribution in [0.1, 0.15) is 37.3 Å². The molecule has 0 radical (unpaired) electrons. The second kappa shape index (κ2) is 4.30. The standard InChI is InChI=1S/C14H20N2/c1-4-13(15)10(3)12-8-16-14-7-9(2)5-6-11(12)14/h5-8,10,13,16H,4,15H2,1-3H3. The minimum absolute atomic E-state index is 0.236. The molecule has 2 nitrogen and oxygen atoms in total. The highest BCUT2D eigenvalue weighted by Crippen LogP contribution is 2.28. The van der Waals surface area contributed by atoms with Crippen LogP contribution in [-0.4, -0.2) is 11.0 Å². The molecule has 2 unspecified atom stereocenters. The van der Waals surface area contributed by atoms with Gasteiger partial charge in [-0.2, -0.15) is 0 Å². The fraction of sp³-hybridized carbons (Fsp3) is 0.429. The molecule has 0 aliphatic carbocycles. The lowest BCUT2D eigenvalue weighted by molar-refractivity contribution is 0.554. The lowest BCUT2D eigenvalue weighted by Gasteiger charge is -2.17. The number of benzene rings is 1. The van der Waals surface area contributed by atoms with E-state index >= 15 is 0 Å². The van der Waals surface area contributed by atoms with E-state index in [0.717, 1.165) is 6.42 Å². The first kappa shape index (κ1) is 11.2. The summed E-state index contributed by atoms with van der Waals surface area (Å²) < 4.78 is 0. The molecule has 0 bridgehead atoms. The van der Waals surface area contributed by atoms with Crippen LogP contribution >= 0.6 is 0 Å². The molecule has 2 rings (SSSR count). The van der Waals surface area contributed by atoms with Crippen LogP contribution in [0, 0.1) is 6.92 Å². The summed E-state index contributed by atoms with van der Waals surface area (Å²) >= 11 is 0. The molecule has 2 atom stereocenters. The van der Waals surface area contributed by atoms with Gasteiger partial charge in [0, 0.05) is 23.1 Å². The van der Waals surface area contributed by atoms with Gasteiger partial charge in [0.05, 0.1) is 0 Å². The van der Waals surface area contributed by atoms with E-state index in [9.17, 15) is 0 Å². The molecule has 0 amide bonds. The fourth-order valence-corrected chi connectivity index (χ4v) is 2.22. The Morgan fingerprint density at radius 3 is 2.81 bits per heavy atom. The summed E-state index contributed by atoms with van der Waals surface area (Å²) in [5.41, 5.74) is 9.95. The summed E-state index contributed by atoms with van der Waals surface area (Å²) in [4.78, 5) is 3.33. The topological polar surface area (TPSA) is 41.8 Å². The van der Waals surface area contributed by atoms with Gasteiger partial charge in [0.25, 0.3) is 0 Å². The molecule has 1 aromatic heterocycles. The zero-order chi connectivity index (χ0) is 11.7. The van der Waals surface area contributed by atoms with Crippen molar-refractivity contribution in [1.82, 2.24) is 4.98 Å². The number of nitrogens with one attached hydrogen (secondary N) is 1. The number of rotatable bonds is 3. The molecular weight excluding hydrogens is 196 g/mol. The maximum atomic E-state index is 6.11. The fourth-order valence-electron chi connectivity index (χ4n) is 2.22. The monoisotopic (exact) mass is 216 g/mol. The second-order valence-corrected chi connectivity index (χ2v) is 4.65. The minimum Gasteiger partial charge on any atom is -0.361 e. The molecule has 0 spiro atoms. The average Bonchev–Trinajstić information content (AvgIpc) is 2.69. The third-order valence-electron chi connectivity index (χ3n) is 3.47. The Bertz CT molecular complexity index is 484. The Morgan fingerprint density at radius 2 is 2.12 bits per heavy atom. The molecule has 0 saturated heterocycles. The summed E-state index contributed by atoms with van der Waals surface area (Å²) in [6, 6.07) is 6.77. The van der Waals surface area contributed by atoms with Gasteiger partial charge in [-0.15, -0.1) is 0 Å². The summed E-state index contributed by atoms with van der Waals surface area (Å²) in [5.74, 6) is 0.404. The van der Waals surface area contributed by atoms with E-state index < -0.39 is 0 Å². The summed E-state index contributed by atoms with van der Waals surface area (Å²) in [5, 5.41) is 1.31. The van der Waals surface area contributed by atoms with Crippen molar-refractivity contribution >= 4 is 10.9 Å². The number of hydrogen-bond acceptors (Lipinski definition) is 1. The molecule has 16 heavy (non-hydrogen) atoms. The van der Waals surface area contributed by atoms with Gasteiger partial charge in [0.1, 0.15) is 0 Å². The number of aromatic amines is 1. The first-order chi connectivity index (χ1) is 7.63. The first-order valence-corrected chi connectivity index (χ1v) is 5.96. The molecular formula is C14H20N2. The second-order valence-electron chi connectivity index (χ2n) is 4.65. The summed E-state index contributed by atoms with van der Waals surface area (Å²) in [6.07, 6.45) is 3.12. The molecule has 86 valence electrons. The van der Waals surface area contributed by atoms with Gasteiger partial charge >= 0.3 is 0 Å². The van der Waals surface area contributed by atoms with Gasteiger partial charge < -0.3 is 10.7 Å². The van der Waals surface area contributed by atoms with Crippen LogP contribution in [0.2, 0.25) is 0 Å². The number of fused-ring (bicyclic) bond motifs is 1. The van der Waals surface area contributed by atoms with Gasteiger partial charge in [-0.05, 0) is 36.5 Å². The summed E-state index contributed by atoms with van der Waals surface area (Å²) in [6.45, 7) is 6.46. The molecule has 3 N–H and O–H groups in total. The van der Waals surface area contributed by atoms with Crippen molar-refractivity contribution in [2.45, 2.75) is 39.2 Å². The van der Waals surface area contributed by atoms with Gasteiger partial charge in [-0.25, -0.2) is 0 Å².